The fourth-order valence-electron chi connectivity index (χ4n) is 2.59. The zero-order valence-electron chi connectivity index (χ0n) is 12.9. The molecule has 1 aliphatic heterocycles. The minimum atomic E-state index is -1.13. The highest BCUT2D eigenvalue weighted by atomic mass is 16.4. The fourth-order valence-corrected chi connectivity index (χ4v) is 2.59. The molecule has 0 atom stereocenters. The molecule has 0 saturated carbocycles. The number of piperazine rings is 1. The summed E-state index contributed by atoms with van der Waals surface area (Å²) in [6, 6.07) is 7.06. The van der Waals surface area contributed by atoms with Gasteiger partial charge >= 0.3 is 5.97 Å². The number of aromatic carboxylic acids is 1. The molecule has 0 bridgehead atoms. The van der Waals surface area contributed by atoms with Crippen LogP contribution >= 0.6 is 0 Å². The van der Waals surface area contributed by atoms with Crippen molar-refractivity contribution in [1.29, 1.82) is 0 Å². The number of carboxylic acids is 1. The van der Waals surface area contributed by atoms with E-state index in [9.17, 15) is 4.79 Å². The van der Waals surface area contributed by atoms with Crippen molar-refractivity contribution >= 4 is 17.5 Å². The van der Waals surface area contributed by atoms with Crippen LogP contribution in [0, 0.1) is 0 Å². The van der Waals surface area contributed by atoms with E-state index in [2.05, 4.69) is 26.8 Å². The van der Waals surface area contributed by atoms with Crippen LogP contribution in [0.4, 0.5) is 11.5 Å². The van der Waals surface area contributed by atoms with Crippen LogP contribution in [0.1, 0.15) is 10.5 Å². The number of likely N-dealkylation sites (N-methyl/N-ethyl adjacent to an activating group) is 1. The number of nitrogens with zero attached hydrogens (tertiary/aromatic N) is 4. The van der Waals surface area contributed by atoms with Crippen molar-refractivity contribution < 1.29 is 9.90 Å². The summed E-state index contributed by atoms with van der Waals surface area (Å²) < 4.78 is 0. The standard InChI is InChI=1S/C16H19N5O2/c1-20-6-8-21(9-7-20)14-10-11(4-5-18-14)13-3-2-12(17)15(19-13)16(22)23/h2-5,10H,6-9,17H2,1H3,(H,22,23). The number of carboxylic acid groups (broad SMARTS) is 1. The van der Waals surface area contributed by atoms with Crippen molar-refractivity contribution in [3.63, 3.8) is 0 Å². The third-order valence-electron chi connectivity index (χ3n) is 4.00. The number of hydrogen-bond acceptors (Lipinski definition) is 6. The summed E-state index contributed by atoms with van der Waals surface area (Å²) >= 11 is 0. The van der Waals surface area contributed by atoms with Crippen LogP contribution in [0.3, 0.4) is 0 Å². The minimum Gasteiger partial charge on any atom is -0.476 e. The molecule has 7 heteroatoms. The van der Waals surface area contributed by atoms with Gasteiger partial charge in [-0.3, -0.25) is 0 Å². The highest BCUT2D eigenvalue weighted by molar-refractivity contribution is 5.92. The number of nitrogens with two attached hydrogens (primary N) is 1. The van der Waals surface area contributed by atoms with Crippen LogP contribution in [-0.2, 0) is 0 Å². The van der Waals surface area contributed by atoms with Crippen molar-refractivity contribution in [1.82, 2.24) is 14.9 Å². The van der Waals surface area contributed by atoms with E-state index in [-0.39, 0.29) is 11.4 Å². The zero-order valence-corrected chi connectivity index (χ0v) is 12.9. The summed E-state index contributed by atoms with van der Waals surface area (Å²) in [6.45, 7) is 3.83. The summed E-state index contributed by atoms with van der Waals surface area (Å²) in [5.74, 6) is -0.246. The lowest BCUT2D eigenvalue weighted by Gasteiger charge is -2.33. The van der Waals surface area contributed by atoms with Crippen molar-refractivity contribution in [2.75, 3.05) is 43.9 Å². The van der Waals surface area contributed by atoms with Crippen LogP contribution in [-0.4, -0.2) is 59.2 Å². The molecule has 1 aliphatic rings. The lowest BCUT2D eigenvalue weighted by Crippen LogP contribution is -2.44. The SMILES string of the molecule is CN1CCN(c2cc(-c3ccc(N)c(C(=O)O)n3)ccn2)CC1. The molecule has 1 fully saturated rings. The Balaban J connectivity index is 1.91. The molecule has 0 spiro atoms. The Hall–Kier alpha value is -2.67. The van der Waals surface area contributed by atoms with E-state index < -0.39 is 5.97 Å². The van der Waals surface area contributed by atoms with E-state index in [1.165, 1.54) is 0 Å². The Morgan fingerprint density at radius 3 is 2.65 bits per heavy atom. The first-order valence-electron chi connectivity index (χ1n) is 7.44. The number of anilines is 2. The predicted octanol–water partition coefficient (Wildman–Crippen LogP) is 1.18. The van der Waals surface area contributed by atoms with Gasteiger partial charge in [-0.05, 0) is 31.3 Å². The van der Waals surface area contributed by atoms with Gasteiger partial charge in [0.25, 0.3) is 0 Å². The van der Waals surface area contributed by atoms with E-state index in [4.69, 9.17) is 10.8 Å². The smallest absolute Gasteiger partial charge is 0.356 e. The molecule has 3 N–H and O–H groups in total. The molecular formula is C16H19N5O2. The maximum Gasteiger partial charge on any atom is 0.356 e. The van der Waals surface area contributed by atoms with Crippen LogP contribution in [0.2, 0.25) is 0 Å². The van der Waals surface area contributed by atoms with E-state index in [1.54, 1.807) is 18.3 Å². The normalized spacial score (nSPS) is 15.6. The predicted molar refractivity (Wildman–Crippen MR) is 88.5 cm³/mol. The molecule has 3 rings (SSSR count). The summed E-state index contributed by atoms with van der Waals surface area (Å²) in [6.07, 6.45) is 1.72. The molecule has 0 unspecified atom stereocenters. The topological polar surface area (TPSA) is 95.6 Å². The maximum atomic E-state index is 11.2. The van der Waals surface area contributed by atoms with Gasteiger partial charge in [-0.2, -0.15) is 0 Å². The Labute approximate surface area is 134 Å². The number of hydrogen-bond donors (Lipinski definition) is 2. The molecule has 0 aliphatic carbocycles. The summed E-state index contributed by atoms with van der Waals surface area (Å²) in [5.41, 5.74) is 7.10. The second-order valence-electron chi connectivity index (χ2n) is 5.63. The lowest BCUT2D eigenvalue weighted by molar-refractivity contribution is 0.0692. The third kappa shape index (κ3) is 3.24. The third-order valence-corrected chi connectivity index (χ3v) is 4.00. The molecule has 0 radical (unpaired) electrons. The van der Waals surface area contributed by atoms with Gasteiger partial charge in [0.05, 0.1) is 11.4 Å². The average Bonchev–Trinajstić information content (AvgIpc) is 2.56. The molecule has 1 saturated heterocycles. The van der Waals surface area contributed by atoms with Crippen LogP contribution in [0.15, 0.2) is 30.5 Å². The highest BCUT2D eigenvalue weighted by Crippen LogP contribution is 2.24. The molecule has 2 aromatic rings. The number of nitrogen functional groups attached to an aromatic ring is 1. The molecule has 7 nitrogen and oxygen atoms in total. The van der Waals surface area contributed by atoms with Crippen LogP contribution in [0.5, 0.6) is 0 Å². The second kappa shape index (κ2) is 6.21. The van der Waals surface area contributed by atoms with E-state index in [0.717, 1.165) is 37.6 Å². The van der Waals surface area contributed by atoms with Gasteiger partial charge in [-0.1, -0.05) is 0 Å². The summed E-state index contributed by atoms with van der Waals surface area (Å²) in [4.78, 5) is 24.3. The Morgan fingerprint density at radius 1 is 1.22 bits per heavy atom. The molecule has 2 aromatic heterocycles. The summed E-state index contributed by atoms with van der Waals surface area (Å²) in [7, 11) is 2.10. The Bertz CT molecular complexity index is 726. The van der Waals surface area contributed by atoms with Crippen molar-refractivity contribution in [2.45, 2.75) is 0 Å². The number of pyridine rings is 2. The molecular weight excluding hydrogens is 294 g/mol. The number of rotatable bonds is 3. The first-order chi connectivity index (χ1) is 11.0. The fraction of sp³-hybridized carbons (Fsp3) is 0.312. The quantitative estimate of drug-likeness (QED) is 0.878. The lowest BCUT2D eigenvalue weighted by atomic mass is 10.1. The summed E-state index contributed by atoms with van der Waals surface area (Å²) in [5, 5.41) is 9.15. The monoisotopic (exact) mass is 313 g/mol. The van der Waals surface area contributed by atoms with E-state index >= 15 is 0 Å². The average molecular weight is 313 g/mol. The minimum absolute atomic E-state index is 0.125. The number of carbonyl (C=O) groups is 1. The van der Waals surface area contributed by atoms with Crippen LogP contribution in [0.25, 0.3) is 11.3 Å². The van der Waals surface area contributed by atoms with Gasteiger partial charge in [-0.25, -0.2) is 14.8 Å². The molecule has 0 aromatic carbocycles. The van der Waals surface area contributed by atoms with Crippen molar-refractivity contribution in [3.8, 4) is 11.3 Å². The zero-order chi connectivity index (χ0) is 16.4. The largest absolute Gasteiger partial charge is 0.476 e. The second-order valence-corrected chi connectivity index (χ2v) is 5.63. The molecule has 0 amide bonds. The van der Waals surface area contributed by atoms with E-state index in [1.807, 2.05) is 12.1 Å². The van der Waals surface area contributed by atoms with Gasteiger partial charge in [-0.15, -0.1) is 0 Å². The molecule has 23 heavy (non-hydrogen) atoms. The number of aromatic nitrogens is 2. The van der Waals surface area contributed by atoms with Crippen molar-refractivity contribution in [3.05, 3.63) is 36.2 Å². The maximum absolute atomic E-state index is 11.2. The van der Waals surface area contributed by atoms with Gasteiger partial charge in [0.2, 0.25) is 0 Å². The molecule has 3 heterocycles. The highest BCUT2D eigenvalue weighted by Gasteiger charge is 2.16. The first kappa shape index (κ1) is 15.2. The Morgan fingerprint density at radius 2 is 1.96 bits per heavy atom. The first-order valence-corrected chi connectivity index (χ1v) is 7.44. The van der Waals surface area contributed by atoms with Crippen LogP contribution < -0.4 is 10.6 Å². The van der Waals surface area contributed by atoms with Gasteiger partial charge in [0.15, 0.2) is 5.69 Å². The Kier molecular flexibility index (Phi) is 4.12. The van der Waals surface area contributed by atoms with Crippen molar-refractivity contribution in [2.24, 2.45) is 0 Å². The van der Waals surface area contributed by atoms with Gasteiger partial charge in [0, 0.05) is 37.9 Å². The molecule has 120 valence electrons. The van der Waals surface area contributed by atoms with E-state index in [0.29, 0.717) is 5.69 Å². The van der Waals surface area contributed by atoms with Gasteiger partial charge < -0.3 is 20.6 Å². The van der Waals surface area contributed by atoms with Gasteiger partial charge in [0.1, 0.15) is 5.82 Å².